The van der Waals surface area contributed by atoms with Crippen LogP contribution in [0.25, 0.3) is 0 Å². The fourth-order valence-electron chi connectivity index (χ4n) is 2.50. The van der Waals surface area contributed by atoms with Crippen LogP contribution in [0.2, 0.25) is 0 Å². The number of hydrogen-bond acceptors (Lipinski definition) is 2. The van der Waals surface area contributed by atoms with E-state index in [9.17, 15) is 4.79 Å². The summed E-state index contributed by atoms with van der Waals surface area (Å²) in [6.07, 6.45) is 3.74. The summed E-state index contributed by atoms with van der Waals surface area (Å²) in [5, 5.41) is 0. The summed E-state index contributed by atoms with van der Waals surface area (Å²) in [6, 6.07) is 0. The van der Waals surface area contributed by atoms with Crippen LogP contribution < -0.4 is 0 Å². The van der Waals surface area contributed by atoms with Crippen molar-refractivity contribution in [2.45, 2.75) is 39.2 Å². The molecule has 1 aliphatic heterocycles. The van der Waals surface area contributed by atoms with Gasteiger partial charge in [0, 0.05) is 5.92 Å². The van der Waals surface area contributed by atoms with Gasteiger partial charge in [0.1, 0.15) is 6.10 Å². The Morgan fingerprint density at radius 3 is 2.83 bits per heavy atom. The van der Waals surface area contributed by atoms with E-state index in [0.29, 0.717) is 5.92 Å². The second kappa shape index (κ2) is 2.75. The predicted octanol–water partition coefficient (Wildman–Crippen LogP) is 1.98. The second-order valence-electron chi connectivity index (χ2n) is 4.35. The van der Waals surface area contributed by atoms with Crippen molar-refractivity contribution in [1.29, 1.82) is 0 Å². The van der Waals surface area contributed by atoms with Crippen LogP contribution in [0.4, 0.5) is 0 Å². The van der Waals surface area contributed by atoms with Gasteiger partial charge in [0.2, 0.25) is 0 Å². The summed E-state index contributed by atoms with van der Waals surface area (Å²) in [4.78, 5) is 11.2. The largest absolute Gasteiger partial charge is 0.462 e. The SMILES string of the molecule is C[C@@H]1CC[C@@H]2OC(=O)[C@@H](C)[C@H]2C1. The molecule has 1 aliphatic carbocycles. The monoisotopic (exact) mass is 168 g/mol. The molecule has 2 aliphatic rings. The zero-order valence-electron chi connectivity index (χ0n) is 7.75. The van der Waals surface area contributed by atoms with E-state index in [2.05, 4.69) is 6.92 Å². The zero-order chi connectivity index (χ0) is 8.72. The zero-order valence-corrected chi connectivity index (χ0v) is 7.75. The molecule has 0 unspecified atom stereocenters. The molecule has 0 N–H and O–H groups in total. The number of rotatable bonds is 0. The highest BCUT2D eigenvalue weighted by Gasteiger charge is 2.44. The Morgan fingerprint density at radius 2 is 2.08 bits per heavy atom. The molecular formula is C10H16O2. The first-order valence-corrected chi connectivity index (χ1v) is 4.89. The van der Waals surface area contributed by atoms with Crippen molar-refractivity contribution < 1.29 is 9.53 Å². The molecule has 0 spiro atoms. The van der Waals surface area contributed by atoms with Crippen molar-refractivity contribution in [2.24, 2.45) is 17.8 Å². The lowest BCUT2D eigenvalue weighted by atomic mass is 9.76. The maximum atomic E-state index is 11.2. The van der Waals surface area contributed by atoms with E-state index in [0.717, 1.165) is 12.3 Å². The maximum absolute atomic E-state index is 11.2. The first-order chi connectivity index (χ1) is 5.68. The summed E-state index contributed by atoms with van der Waals surface area (Å²) < 4.78 is 5.29. The van der Waals surface area contributed by atoms with Gasteiger partial charge >= 0.3 is 5.97 Å². The third kappa shape index (κ3) is 1.13. The first kappa shape index (κ1) is 8.09. The van der Waals surface area contributed by atoms with Crippen molar-refractivity contribution in [2.75, 3.05) is 0 Å². The molecule has 0 radical (unpaired) electrons. The number of ether oxygens (including phenoxy) is 1. The summed E-state index contributed by atoms with van der Waals surface area (Å²) >= 11 is 0. The highest BCUT2D eigenvalue weighted by molar-refractivity contribution is 5.74. The lowest BCUT2D eigenvalue weighted by Crippen LogP contribution is -2.27. The van der Waals surface area contributed by atoms with Crippen LogP contribution in [0.15, 0.2) is 0 Å². The average molecular weight is 168 g/mol. The topological polar surface area (TPSA) is 26.3 Å². The molecule has 2 heteroatoms. The Labute approximate surface area is 73.3 Å². The van der Waals surface area contributed by atoms with E-state index in [1.807, 2.05) is 6.92 Å². The van der Waals surface area contributed by atoms with Gasteiger partial charge in [0.05, 0.1) is 5.92 Å². The van der Waals surface area contributed by atoms with Gasteiger partial charge in [0.15, 0.2) is 0 Å². The Morgan fingerprint density at radius 1 is 1.33 bits per heavy atom. The predicted molar refractivity (Wildman–Crippen MR) is 45.5 cm³/mol. The molecule has 68 valence electrons. The Balaban J connectivity index is 2.10. The van der Waals surface area contributed by atoms with Crippen LogP contribution in [0.1, 0.15) is 33.1 Å². The van der Waals surface area contributed by atoms with Crippen LogP contribution in [0.5, 0.6) is 0 Å². The van der Waals surface area contributed by atoms with Crippen molar-refractivity contribution in [3.05, 3.63) is 0 Å². The molecule has 2 nitrogen and oxygen atoms in total. The van der Waals surface area contributed by atoms with E-state index >= 15 is 0 Å². The van der Waals surface area contributed by atoms with Gasteiger partial charge in [0.25, 0.3) is 0 Å². The molecule has 0 amide bonds. The minimum absolute atomic E-state index is 0.0269. The van der Waals surface area contributed by atoms with Crippen LogP contribution in [0.3, 0.4) is 0 Å². The smallest absolute Gasteiger partial charge is 0.309 e. The Bertz CT molecular complexity index is 200. The average Bonchev–Trinajstić information content (AvgIpc) is 2.31. The number of hydrogen-bond donors (Lipinski definition) is 0. The minimum atomic E-state index is 0.0269. The van der Waals surface area contributed by atoms with E-state index < -0.39 is 0 Å². The van der Waals surface area contributed by atoms with Crippen molar-refractivity contribution >= 4 is 5.97 Å². The van der Waals surface area contributed by atoms with E-state index in [-0.39, 0.29) is 18.0 Å². The highest BCUT2D eigenvalue weighted by atomic mass is 16.6. The molecule has 0 aromatic heterocycles. The summed E-state index contributed by atoms with van der Waals surface area (Å²) in [6.45, 7) is 4.27. The van der Waals surface area contributed by atoms with E-state index in [1.165, 1.54) is 12.8 Å². The summed E-state index contributed by atoms with van der Waals surface area (Å²) in [7, 11) is 0. The standard InChI is InChI=1S/C10H16O2/c1-6-3-4-9-8(5-6)7(2)10(11)12-9/h6-9H,3-5H2,1-2H3/t6-,7+,8-,9+/m1/s1. The van der Waals surface area contributed by atoms with Gasteiger partial charge in [-0.2, -0.15) is 0 Å². The molecule has 1 heterocycles. The number of esters is 1. The van der Waals surface area contributed by atoms with Crippen LogP contribution in [-0.2, 0) is 9.53 Å². The van der Waals surface area contributed by atoms with Gasteiger partial charge in [-0.1, -0.05) is 13.8 Å². The van der Waals surface area contributed by atoms with Gasteiger partial charge in [-0.25, -0.2) is 0 Å². The quantitative estimate of drug-likeness (QED) is 0.517. The van der Waals surface area contributed by atoms with Crippen molar-refractivity contribution in [1.82, 2.24) is 0 Å². The summed E-state index contributed by atoms with van der Waals surface area (Å²) in [5.74, 6) is 1.47. The molecule has 0 bridgehead atoms. The molecule has 12 heavy (non-hydrogen) atoms. The van der Waals surface area contributed by atoms with Gasteiger partial charge in [-0.3, -0.25) is 4.79 Å². The normalized spacial score (nSPS) is 47.0. The van der Waals surface area contributed by atoms with Crippen LogP contribution in [-0.4, -0.2) is 12.1 Å². The molecule has 0 aromatic rings. The lowest BCUT2D eigenvalue weighted by Gasteiger charge is -2.28. The van der Waals surface area contributed by atoms with E-state index in [1.54, 1.807) is 0 Å². The number of fused-ring (bicyclic) bond motifs is 1. The molecular weight excluding hydrogens is 152 g/mol. The Hall–Kier alpha value is -0.530. The molecule has 2 fully saturated rings. The summed E-state index contributed by atoms with van der Waals surface area (Å²) in [5.41, 5.74) is 0. The van der Waals surface area contributed by atoms with Crippen LogP contribution >= 0.6 is 0 Å². The van der Waals surface area contributed by atoms with Crippen molar-refractivity contribution in [3.8, 4) is 0 Å². The molecule has 0 aromatic carbocycles. The minimum Gasteiger partial charge on any atom is -0.462 e. The third-order valence-electron chi connectivity index (χ3n) is 3.38. The Kier molecular flexibility index (Phi) is 1.85. The lowest BCUT2D eigenvalue weighted by molar-refractivity contribution is -0.144. The fraction of sp³-hybridized carbons (Fsp3) is 0.900. The molecule has 2 rings (SSSR count). The maximum Gasteiger partial charge on any atom is 0.309 e. The molecule has 1 saturated heterocycles. The second-order valence-corrected chi connectivity index (χ2v) is 4.35. The fourth-order valence-corrected chi connectivity index (χ4v) is 2.50. The molecule has 1 saturated carbocycles. The number of carbonyl (C=O) groups excluding carboxylic acids is 1. The van der Waals surface area contributed by atoms with Gasteiger partial charge < -0.3 is 4.74 Å². The highest BCUT2D eigenvalue weighted by Crippen LogP contribution is 2.40. The van der Waals surface area contributed by atoms with Crippen molar-refractivity contribution in [3.63, 3.8) is 0 Å². The van der Waals surface area contributed by atoms with E-state index in [4.69, 9.17) is 4.74 Å². The first-order valence-electron chi connectivity index (χ1n) is 4.89. The van der Waals surface area contributed by atoms with Crippen LogP contribution in [0, 0.1) is 17.8 Å². The molecule has 4 atom stereocenters. The number of carbonyl (C=O) groups is 1. The van der Waals surface area contributed by atoms with Gasteiger partial charge in [-0.15, -0.1) is 0 Å². The van der Waals surface area contributed by atoms with Gasteiger partial charge in [-0.05, 0) is 25.2 Å². The third-order valence-corrected chi connectivity index (χ3v) is 3.38.